The molecule has 2 fully saturated rings. The third-order valence-corrected chi connectivity index (χ3v) is 11.8. The third-order valence-electron chi connectivity index (χ3n) is 11.8. The van der Waals surface area contributed by atoms with Crippen LogP contribution in [-0.2, 0) is 32.1 Å². The maximum Gasteiger partial charge on any atom is 0.245 e. The van der Waals surface area contributed by atoms with Crippen LogP contribution < -0.4 is 21.3 Å². The van der Waals surface area contributed by atoms with Gasteiger partial charge < -0.3 is 40.6 Å². The molecule has 2 aliphatic rings. The minimum Gasteiger partial charge on any atom is -0.352 e. The van der Waals surface area contributed by atoms with E-state index in [1.807, 2.05) is 0 Å². The molecule has 59 heavy (non-hydrogen) atoms. The molecule has 17 heteroatoms. The second-order valence-electron chi connectivity index (χ2n) is 16.2. The van der Waals surface area contributed by atoms with Crippen molar-refractivity contribution in [3.8, 4) is 11.5 Å². The summed E-state index contributed by atoms with van der Waals surface area (Å²) in [5.41, 5.74) is 2.16. The van der Waals surface area contributed by atoms with Crippen molar-refractivity contribution in [3.05, 3.63) is 53.6 Å². The van der Waals surface area contributed by atoms with Gasteiger partial charge in [0.2, 0.25) is 23.6 Å². The quantitative estimate of drug-likeness (QED) is 0.113. The first-order chi connectivity index (χ1) is 28.0. The fourth-order valence-electron chi connectivity index (χ4n) is 8.25. The van der Waals surface area contributed by atoms with Crippen molar-refractivity contribution in [3.63, 3.8) is 0 Å². The van der Waals surface area contributed by atoms with Crippen LogP contribution in [0.2, 0.25) is 0 Å². The molecule has 5 N–H and O–H groups in total. The summed E-state index contributed by atoms with van der Waals surface area (Å²) in [4.78, 5) is 64.9. The van der Waals surface area contributed by atoms with E-state index in [2.05, 4.69) is 26.3 Å². The van der Waals surface area contributed by atoms with E-state index in [1.165, 1.54) is 34.1 Å². The van der Waals surface area contributed by atoms with Crippen molar-refractivity contribution in [2.45, 2.75) is 115 Å². The molecule has 2 aliphatic heterocycles. The molecule has 8 unspecified atom stereocenters. The first kappa shape index (κ1) is 43.5. The molecule has 4 amide bonds. The molecule has 4 heterocycles. The molecule has 0 bridgehead atoms. The zero-order chi connectivity index (χ0) is 42.9. The van der Waals surface area contributed by atoms with Gasteiger partial charge in [-0.15, -0.1) is 0 Å². The van der Waals surface area contributed by atoms with Gasteiger partial charge in [0.05, 0.1) is 47.9 Å². The van der Waals surface area contributed by atoms with Crippen molar-refractivity contribution < 1.29 is 36.7 Å². The summed E-state index contributed by atoms with van der Waals surface area (Å²) in [7, 11) is 3.26. The van der Waals surface area contributed by atoms with Crippen LogP contribution in [0, 0.1) is 17.6 Å². The van der Waals surface area contributed by atoms with Crippen LogP contribution in [0.5, 0.6) is 0 Å². The average molecular weight is 826 g/mol. The molecular formula is C42H55F4N9O4. The number of aromatic amines is 1. The largest absolute Gasteiger partial charge is 0.352 e. The summed E-state index contributed by atoms with van der Waals surface area (Å²) >= 11 is 0. The lowest BCUT2D eigenvalue weighted by molar-refractivity contribution is -0.139. The maximum atomic E-state index is 15.4. The van der Waals surface area contributed by atoms with Crippen molar-refractivity contribution in [1.29, 1.82) is 0 Å². The molecule has 2 saturated heterocycles. The highest BCUT2D eigenvalue weighted by Gasteiger charge is 2.42. The Balaban J connectivity index is 1.40. The highest BCUT2D eigenvalue weighted by Crippen LogP contribution is 2.37. The second kappa shape index (κ2) is 18.1. The zero-order valence-electron chi connectivity index (χ0n) is 34.5. The van der Waals surface area contributed by atoms with Gasteiger partial charge in [-0.3, -0.25) is 19.2 Å². The van der Waals surface area contributed by atoms with Crippen LogP contribution in [0.3, 0.4) is 0 Å². The number of hydrogen-bond donors (Lipinski definition) is 5. The van der Waals surface area contributed by atoms with E-state index in [9.17, 15) is 28.0 Å². The number of carbonyl (C=O) groups excluding carboxylic acids is 4. The number of alkyl halides is 2. The van der Waals surface area contributed by atoms with Gasteiger partial charge in [0.1, 0.15) is 36.1 Å². The third kappa shape index (κ3) is 9.10. The van der Waals surface area contributed by atoms with Gasteiger partial charge in [-0.1, -0.05) is 20.8 Å². The van der Waals surface area contributed by atoms with Crippen LogP contribution >= 0.6 is 0 Å². The number of likely N-dealkylation sites (N-methyl/N-ethyl adjacent to an activating group) is 2. The number of fused-ring (bicyclic) bond motifs is 2. The molecule has 6 rings (SSSR count). The number of nitrogens with zero attached hydrogens (tertiary/aromatic N) is 4. The van der Waals surface area contributed by atoms with Gasteiger partial charge in [-0.05, 0) is 82.6 Å². The summed E-state index contributed by atoms with van der Waals surface area (Å²) in [6, 6.07) is 3.98. The fourth-order valence-corrected chi connectivity index (χ4v) is 8.25. The van der Waals surface area contributed by atoms with Gasteiger partial charge in [-0.2, -0.15) is 0 Å². The summed E-state index contributed by atoms with van der Waals surface area (Å²) in [6.45, 7) is 8.35. The van der Waals surface area contributed by atoms with E-state index in [0.717, 1.165) is 0 Å². The molecule has 0 saturated carbocycles. The molecule has 0 aliphatic carbocycles. The number of benzene rings is 2. The predicted molar refractivity (Wildman–Crippen MR) is 217 cm³/mol. The molecule has 2 aromatic heterocycles. The number of rotatable bonds is 15. The van der Waals surface area contributed by atoms with E-state index in [-0.39, 0.29) is 74.4 Å². The lowest BCUT2D eigenvalue weighted by Crippen LogP contribution is -2.55. The molecule has 0 spiro atoms. The van der Waals surface area contributed by atoms with E-state index in [1.54, 1.807) is 65.4 Å². The number of imidazole rings is 1. The van der Waals surface area contributed by atoms with E-state index in [4.69, 9.17) is 4.98 Å². The monoisotopic (exact) mass is 825 g/mol. The Morgan fingerprint density at radius 3 is 2.05 bits per heavy atom. The Hall–Kier alpha value is -5.03. The highest BCUT2D eigenvalue weighted by molar-refractivity contribution is 5.93. The van der Waals surface area contributed by atoms with E-state index in [0.29, 0.717) is 27.7 Å². The number of halogens is 4. The summed E-state index contributed by atoms with van der Waals surface area (Å²) in [5, 5.41) is 11.9. The van der Waals surface area contributed by atoms with E-state index < -0.39 is 72.0 Å². The minimum absolute atomic E-state index is 0.00958. The molecular weight excluding hydrogens is 771 g/mol. The summed E-state index contributed by atoms with van der Waals surface area (Å²) in [6.07, 6.45) is -2.31. The Morgan fingerprint density at radius 1 is 0.831 bits per heavy atom. The van der Waals surface area contributed by atoms with Crippen LogP contribution in [0.1, 0.15) is 59.4 Å². The van der Waals surface area contributed by atoms with Crippen LogP contribution in [0.4, 0.5) is 17.6 Å². The number of H-pyrrole nitrogens is 1. The molecule has 8 atom stereocenters. The number of nitrogens with one attached hydrogen (secondary N) is 5. The maximum absolute atomic E-state index is 15.4. The Bertz CT molecular complexity index is 2190. The second-order valence-corrected chi connectivity index (χ2v) is 16.2. The average Bonchev–Trinajstić information content (AvgIpc) is 3.96. The van der Waals surface area contributed by atoms with Crippen molar-refractivity contribution in [2.24, 2.45) is 5.92 Å². The van der Waals surface area contributed by atoms with Gasteiger partial charge in [0, 0.05) is 42.4 Å². The van der Waals surface area contributed by atoms with Crippen molar-refractivity contribution >= 4 is 45.6 Å². The van der Waals surface area contributed by atoms with Crippen LogP contribution in [0.15, 0.2) is 36.4 Å². The topological polar surface area (TPSA) is 156 Å². The normalized spacial score (nSPS) is 21.6. The van der Waals surface area contributed by atoms with Crippen molar-refractivity contribution in [1.82, 2.24) is 45.6 Å². The number of amides is 4. The molecule has 13 nitrogen and oxygen atoms in total. The van der Waals surface area contributed by atoms with Gasteiger partial charge >= 0.3 is 0 Å². The number of likely N-dealkylation sites (tertiary alicyclic amines) is 2. The Labute approximate surface area is 341 Å². The van der Waals surface area contributed by atoms with Gasteiger partial charge in [0.25, 0.3) is 0 Å². The molecule has 0 radical (unpaired) electrons. The summed E-state index contributed by atoms with van der Waals surface area (Å²) < 4.78 is 62.1. The SMILES string of the molecule is CCC(NC(=O)C(C)NC)C(=O)N1CC(F)CC1Cc1c(-c2nc3cc(F)ccc3n2CC2CC(F)CN2C(=O)C(NC(=O)C(C)NC)C(C)C)[nH]c2cc(F)ccc12. The summed E-state index contributed by atoms with van der Waals surface area (Å²) in [5.74, 6) is -2.69. The highest BCUT2D eigenvalue weighted by atomic mass is 19.1. The predicted octanol–water partition coefficient (Wildman–Crippen LogP) is 4.13. The smallest absolute Gasteiger partial charge is 0.245 e. The van der Waals surface area contributed by atoms with Crippen LogP contribution in [0.25, 0.3) is 33.5 Å². The number of carbonyl (C=O) groups is 4. The molecule has 2 aromatic carbocycles. The lowest BCUT2D eigenvalue weighted by Gasteiger charge is -2.32. The number of aromatic nitrogens is 3. The molecule has 320 valence electrons. The van der Waals surface area contributed by atoms with E-state index >= 15 is 8.78 Å². The van der Waals surface area contributed by atoms with Crippen LogP contribution in [-0.4, -0.2) is 124 Å². The molecule has 4 aromatic rings. The lowest BCUT2D eigenvalue weighted by atomic mass is 9.99. The standard InChI is InChI=1S/C42H55F4N9O4/c1-8-32(51-39(56)22(4)47-6)41(58)53-18-26(45)13-28(53)17-31-30-11-9-24(43)15-33(30)49-37(31)38-50-34-16-25(44)10-12-35(34)55(38)20-29-14-27(46)19-54(29)42(59)36(21(2)3)52-40(57)23(5)48-7/h9-12,15-16,21-23,26-29,32,36,47-49H,8,13-14,17-20H2,1-7H3,(H,51,56)(H,52,57). The first-order valence-electron chi connectivity index (χ1n) is 20.4. The van der Waals surface area contributed by atoms with Gasteiger partial charge in [-0.25, -0.2) is 22.5 Å². The fraction of sp³-hybridized carbons (Fsp3) is 0.548. The van der Waals surface area contributed by atoms with Gasteiger partial charge in [0.15, 0.2) is 5.82 Å². The zero-order valence-corrected chi connectivity index (χ0v) is 34.5. The first-order valence-corrected chi connectivity index (χ1v) is 20.4. The number of hydrogen-bond acceptors (Lipinski definition) is 7. The Morgan fingerprint density at radius 2 is 1.42 bits per heavy atom. The minimum atomic E-state index is -1.36. The Kier molecular flexibility index (Phi) is 13.3. The van der Waals surface area contributed by atoms with Crippen molar-refractivity contribution in [2.75, 3.05) is 27.2 Å².